The van der Waals surface area contributed by atoms with E-state index in [0.717, 1.165) is 16.4 Å². The molecule has 0 radical (unpaired) electrons. The average molecular weight is 280 g/mol. The minimum atomic E-state index is 0.703. The van der Waals surface area contributed by atoms with Crippen LogP contribution in [0.3, 0.4) is 0 Å². The second-order valence-electron chi connectivity index (χ2n) is 3.94. The summed E-state index contributed by atoms with van der Waals surface area (Å²) < 4.78 is 5.28. The molecule has 2 rings (SSSR count). The highest BCUT2D eigenvalue weighted by atomic mass is 79.9. The van der Waals surface area contributed by atoms with Gasteiger partial charge in [-0.2, -0.15) is 0 Å². The van der Waals surface area contributed by atoms with Crippen molar-refractivity contribution in [2.24, 2.45) is 0 Å². The number of ether oxygens (including phenoxy) is 1. The van der Waals surface area contributed by atoms with Gasteiger partial charge < -0.3 is 4.74 Å². The molecule has 0 aliphatic carbocycles. The summed E-state index contributed by atoms with van der Waals surface area (Å²) in [6.45, 7) is 4.19. The van der Waals surface area contributed by atoms with Crippen molar-refractivity contribution in [2.45, 2.75) is 19.2 Å². The Bertz CT molecular complexity index is 537. The Hall–Kier alpha value is -1.09. The number of hydrogen-bond acceptors (Lipinski definition) is 2. The van der Waals surface area contributed by atoms with Crippen molar-refractivity contribution in [1.29, 1.82) is 0 Å². The van der Waals surface area contributed by atoms with Gasteiger partial charge in [0.2, 0.25) is 5.88 Å². The second kappa shape index (κ2) is 4.42. The fourth-order valence-electron chi connectivity index (χ4n) is 1.93. The number of aromatic nitrogens is 1. The number of alkyl halides is 1. The third-order valence-corrected chi connectivity index (χ3v) is 3.27. The fraction of sp³-hybridized carbons (Fsp3) is 0.308. The summed E-state index contributed by atoms with van der Waals surface area (Å²) in [4.78, 5) is 4.53. The first-order valence-corrected chi connectivity index (χ1v) is 6.28. The molecule has 0 unspecified atom stereocenters. The summed E-state index contributed by atoms with van der Waals surface area (Å²) in [6.07, 6.45) is 0. The molecule has 0 N–H and O–H groups in total. The molecular weight excluding hydrogens is 266 g/mol. The van der Waals surface area contributed by atoms with Gasteiger partial charge in [-0.1, -0.05) is 22.0 Å². The number of rotatable bonds is 2. The summed E-state index contributed by atoms with van der Waals surface area (Å²) in [5, 5.41) is 1.95. The minimum absolute atomic E-state index is 0.703. The lowest BCUT2D eigenvalue weighted by atomic mass is 10.0. The van der Waals surface area contributed by atoms with Crippen LogP contribution in [-0.4, -0.2) is 12.1 Å². The van der Waals surface area contributed by atoms with Crippen molar-refractivity contribution in [2.75, 3.05) is 7.11 Å². The number of hydrogen-bond donors (Lipinski definition) is 0. The van der Waals surface area contributed by atoms with Gasteiger partial charge in [-0.05, 0) is 37.1 Å². The van der Waals surface area contributed by atoms with Crippen LogP contribution < -0.4 is 4.74 Å². The first-order valence-electron chi connectivity index (χ1n) is 5.16. The van der Waals surface area contributed by atoms with Crippen molar-refractivity contribution in [3.63, 3.8) is 0 Å². The van der Waals surface area contributed by atoms with Crippen LogP contribution in [0.2, 0.25) is 0 Å². The highest BCUT2D eigenvalue weighted by Gasteiger charge is 2.08. The van der Waals surface area contributed by atoms with E-state index in [0.29, 0.717) is 5.88 Å². The third-order valence-electron chi connectivity index (χ3n) is 2.66. The third kappa shape index (κ3) is 1.92. The Kier molecular flexibility index (Phi) is 3.15. The first-order chi connectivity index (χ1) is 7.65. The molecule has 0 atom stereocenters. The first kappa shape index (κ1) is 11.4. The quantitative estimate of drug-likeness (QED) is 0.781. The highest BCUT2D eigenvalue weighted by Crippen LogP contribution is 2.26. The average Bonchev–Trinajstić information content (AvgIpc) is 2.27. The lowest BCUT2D eigenvalue weighted by Gasteiger charge is -2.09. The van der Waals surface area contributed by atoms with Crippen LogP contribution in [0.15, 0.2) is 18.2 Å². The molecule has 2 aromatic rings. The largest absolute Gasteiger partial charge is 0.481 e. The van der Waals surface area contributed by atoms with E-state index in [1.54, 1.807) is 7.11 Å². The predicted molar refractivity (Wildman–Crippen MR) is 70.4 cm³/mol. The Morgan fingerprint density at radius 3 is 2.62 bits per heavy atom. The normalized spacial score (nSPS) is 10.8. The molecule has 0 fully saturated rings. The lowest BCUT2D eigenvalue weighted by molar-refractivity contribution is 0.396. The molecule has 3 heteroatoms. The molecule has 0 amide bonds. The number of aryl methyl sites for hydroxylation is 2. The Morgan fingerprint density at radius 1 is 1.25 bits per heavy atom. The van der Waals surface area contributed by atoms with Crippen LogP contribution in [0.5, 0.6) is 5.88 Å². The van der Waals surface area contributed by atoms with Gasteiger partial charge in [0.15, 0.2) is 0 Å². The van der Waals surface area contributed by atoms with E-state index >= 15 is 0 Å². The van der Waals surface area contributed by atoms with Crippen LogP contribution in [0.25, 0.3) is 10.9 Å². The van der Waals surface area contributed by atoms with E-state index in [2.05, 4.69) is 53.0 Å². The van der Waals surface area contributed by atoms with Crippen LogP contribution in [0.4, 0.5) is 0 Å². The van der Waals surface area contributed by atoms with Gasteiger partial charge in [0.05, 0.1) is 12.6 Å². The van der Waals surface area contributed by atoms with Crippen molar-refractivity contribution in [1.82, 2.24) is 4.98 Å². The molecule has 0 aliphatic heterocycles. The molecule has 0 bridgehead atoms. The standard InChI is InChI=1S/C13H14BrNO/c1-8-4-9(2)11-6-10(7-14)13(16-3)15-12(11)5-8/h4-6H,7H2,1-3H3. The maximum Gasteiger partial charge on any atom is 0.217 e. The van der Waals surface area contributed by atoms with Gasteiger partial charge in [-0.3, -0.25) is 0 Å². The predicted octanol–water partition coefficient (Wildman–Crippen LogP) is 3.76. The van der Waals surface area contributed by atoms with Crippen molar-refractivity contribution >= 4 is 26.8 Å². The lowest BCUT2D eigenvalue weighted by Crippen LogP contribution is -1.95. The van der Waals surface area contributed by atoms with E-state index in [1.165, 1.54) is 16.5 Å². The van der Waals surface area contributed by atoms with E-state index < -0.39 is 0 Å². The summed E-state index contributed by atoms with van der Waals surface area (Å²) in [6, 6.07) is 6.40. The molecule has 0 saturated carbocycles. The zero-order valence-corrected chi connectivity index (χ0v) is 11.3. The smallest absolute Gasteiger partial charge is 0.217 e. The zero-order chi connectivity index (χ0) is 11.7. The SMILES string of the molecule is COc1nc2cc(C)cc(C)c2cc1CBr. The van der Waals surface area contributed by atoms with Gasteiger partial charge in [-0.25, -0.2) is 4.98 Å². The monoisotopic (exact) mass is 279 g/mol. The van der Waals surface area contributed by atoms with Crippen LogP contribution in [-0.2, 0) is 5.33 Å². The maximum absolute atomic E-state index is 5.28. The molecular formula is C13H14BrNO. The molecule has 0 aliphatic rings. The summed E-state index contributed by atoms with van der Waals surface area (Å²) in [7, 11) is 1.66. The van der Waals surface area contributed by atoms with Gasteiger partial charge in [0, 0.05) is 16.3 Å². The molecule has 16 heavy (non-hydrogen) atoms. The van der Waals surface area contributed by atoms with Crippen LogP contribution in [0, 0.1) is 13.8 Å². The molecule has 2 nitrogen and oxygen atoms in total. The minimum Gasteiger partial charge on any atom is -0.481 e. The number of benzene rings is 1. The number of halogens is 1. The highest BCUT2D eigenvalue weighted by molar-refractivity contribution is 9.08. The number of fused-ring (bicyclic) bond motifs is 1. The topological polar surface area (TPSA) is 22.1 Å². The van der Waals surface area contributed by atoms with Crippen molar-refractivity contribution in [3.05, 3.63) is 34.9 Å². The Balaban J connectivity index is 2.78. The van der Waals surface area contributed by atoms with Crippen LogP contribution >= 0.6 is 15.9 Å². The Morgan fingerprint density at radius 2 is 2.00 bits per heavy atom. The van der Waals surface area contributed by atoms with Crippen molar-refractivity contribution in [3.8, 4) is 5.88 Å². The van der Waals surface area contributed by atoms with Gasteiger partial charge >= 0.3 is 0 Å². The van der Waals surface area contributed by atoms with Gasteiger partial charge in [0.25, 0.3) is 0 Å². The number of methoxy groups -OCH3 is 1. The summed E-state index contributed by atoms with van der Waals surface area (Å²) in [5.74, 6) is 0.703. The maximum atomic E-state index is 5.28. The number of nitrogens with zero attached hydrogens (tertiary/aromatic N) is 1. The molecule has 0 spiro atoms. The zero-order valence-electron chi connectivity index (χ0n) is 9.67. The van der Waals surface area contributed by atoms with Gasteiger partial charge in [-0.15, -0.1) is 0 Å². The second-order valence-corrected chi connectivity index (χ2v) is 4.50. The van der Waals surface area contributed by atoms with Crippen LogP contribution in [0.1, 0.15) is 16.7 Å². The fourth-order valence-corrected chi connectivity index (χ4v) is 2.33. The molecule has 84 valence electrons. The molecule has 1 aromatic heterocycles. The van der Waals surface area contributed by atoms with E-state index in [9.17, 15) is 0 Å². The summed E-state index contributed by atoms with van der Waals surface area (Å²) in [5.41, 5.74) is 4.57. The molecule has 0 saturated heterocycles. The Labute approximate surface area is 104 Å². The van der Waals surface area contributed by atoms with E-state index in [-0.39, 0.29) is 0 Å². The summed E-state index contributed by atoms with van der Waals surface area (Å²) >= 11 is 3.45. The van der Waals surface area contributed by atoms with Gasteiger partial charge in [0.1, 0.15) is 0 Å². The van der Waals surface area contributed by atoms with Crippen molar-refractivity contribution < 1.29 is 4.74 Å². The molecule has 1 heterocycles. The van der Waals surface area contributed by atoms with E-state index in [4.69, 9.17) is 4.74 Å². The number of pyridine rings is 1. The van der Waals surface area contributed by atoms with E-state index in [1.807, 2.05) is 0 Å². The molecule has 1 aromatic carbocycles.